The maximum Gasteiger partial charge on any atom is 0.409 e. The average molecular weight is 594 g/mol. The van der Waals surface area contributed by atoms with Crippen molar-refractivity contribution < 1.29 is 9.53 Å². The van der Waals surface area contributed by atoms with Crippen molar-refractivity contribution in [2.75, 3.05) is 19.7 Å². The number of nitrogens with zero attached hydrogens (tertiary/aromatic N) is 1. The van der Waals surface area contributed by atoms with Gasteiger partial charge in [-0.3, -0.25) is 0 Å². The summed E-state index contributed by atoms with van der Waals surface area (Å²) in [5.74, 6) is 0. The van der Waals surface area contributed by atoms with Gasteiger partial charge >= 0.3 is 6.09 Å². The molecule has 0 aromatic carbocycles. The predicted molar refractivity (Wildman–Crippen MR) is 188 cm³/mol. The fourth-order valence-corrected chi connectivity index (χ4v) is 6.21. The molecule has 0 aliphatic heterocycles. The second-order valence-electron chi connectivity index (χ2n) is 13.3. The van der Waals surface area contributed by atoms with Crippen molar-refractivity contribution in [1.29, 1.82) is 0 Å². The van der Waals surface area contributed by atoms with Gasteiger partial charge in [-0.05, 0) is 19.8 Å². The highest BCUT2D eigenvalue weighted by Gasteiger charge is 2.13. The summed E-state index contributed by atoms with van der Waals surface area (Å²) in [4.78, 5) is 14.4. The molecular weight excluding hydrogens is 514 g/mol. The number of rotatable bonds is 35. The van der Waals surface area contributed by atoms with Crippen LogP contribution < -0.4 is 0 Å². The summed E-state index contributed by atoms with van der Waals surface area (Å²) < 4.78 is 5.35. The molecule has 0 saturated heterocycles. The number of carbonyl (C=O) groups is 1. The average Bonchev–Trinajstić information content (AvgIpc) is 2.99. The van der Waals surface area contributed by atoms with Crippen molar-refractivity contribution in [3.8, 4) is 0 Å². The van der Waals surface area contributed by atoms with Crippen molar-refractivity contribution in [3.05, 3.63) is 0 Å². The lowest BCUT2D eigenvalue weighted by atomic mass is 10.0. The highest BCUT2D eigenvalue weighted by Crippen LogP contribution is 2.16. The highest BCUT2D eigenvalue weighted by molar-refractivity contribution is 5.67. The molecule has 0 unspecified atom stereocenters. The zero-order valence-corrected chi connectivity index (χ0v) is 29.5. The number of amides is 1. The van der Waals surface area contributed by atoms with Crippen molar-refractivity contribution in [1.82, 2.24) is 4.90 Å². The van der Waals surface area contributed by atoms with Gasteiger partial charge in [0.05, 0.1) is 6.61 Å². The molecule has 3 heteroatoms. The van der Waals surface area contributed by atoms with E-state index in [2.05, 4.69) is 13.8 Å². The lowest BCUT2D eigenvalue weighted by molar-refractivity contribution is 0.105. The third-order valence-electron chi connectivity index (χ3n) is 9.09. The molecule has 0 aromatic heterocycles. The summed E-state index contributed by atoms with van der Waals surface area (Å²) in [7, 11) is 0. The van der Waals surface area contributed by atoms with E-state index in [1.807, 2.05) is 11.8 Å². The number of ether oxygens (including phenoxy) is 1. The van der Waals surface area contributed by atoms with Crippen LogP contribution in [0, 0.1) is 0 Å². The molecule has 0 atom stereocenters. The van der Waals surface area contributed by atoms with Crippen LogP contribution >= 0.6 is 0 Å². The van der Waals surface area contributed by atoms with Gasteiger partial charge in [-0.15, -0.1) is 0 Å². The Morgan fingerprint density at radius 1 is 0.357 bits per heavy atom. The Hall–Kier alpha value is -0.730. The van der Waals surface area contributed by atoms with E-state index < -0.39 is 0 Å². The number of hydrogen-bond acceptors (Lipinski definition) is 2. The van der Waals surface area contributed by atoms with E-state index in [4.69, 9.17) is 4.74 Å². The number of carbonyl (C=O) groups excluding carboxylic acids is 1. The minimum Gasteiger partial charge on any atom is -0.450 e. The molecule has 0 aliphatic rings. The molecule has 0 aliphatic carbocycles. The van der Waals surface area contributed by atoms with Gasteiger partial charge < -0.3 is 9.64 Å². The van der Waals surface area contributed by atoms with Crippen LogP contribution in [0.2, 0.25) is 0 Å². The molecule has 0 rings (SSSR count). The van der Waals surface area contributed by atoms with E-state index in [-0.39, 0.29) is 6.09 Å². The molecule has 0 saturated carbocycles. The smallest absolute Gasteiger partial charge is 0.409 e. The second-order valence-corrected chi connectivity index (χ2v) is 13.3. The van der Waals surface area contributed by atoms with Gasteiger partial charge in [0.1, 0.15) is 0 Å². The fourth-order valence-electron chi connectivity index (χ4n) is 6.21. The second kappa shape index (κ2) is 36.5. The Balaban J connectivity index is 3.57. The van der Waals surface area contributed by atoms with Crippen LogP contribution in [0.25, 0.3) is 0 Å². The first-order valence-corrected chi connectivity index (χ1v) is 19.7. The van der Waals surface area contributed by atoms with Crippen LogP contribution in [0.5, 0.6) is 0 Å². The summed E-state index contributed by atoms with van der Waals surface area (Å²) in [6.45, 7) is 8.73. The first-order valence-electron chi connectivity index (χ1n) is 19.7. The quantitative estimate of drug-likeness (QED) is 0.0684. The molecule has 0 aromatic rings. The zero-order valence-electron chi connectivity index (χ0n) is 29.5. The summed E-state index contributed by atoms with van der Waals surface area (Å²) >= 11 is 0. The van der Waals surface area contributed by atoms with E-state index in [1.54, 1.807) is 0 Å². The Morgan fingerprint density at radius 2 is 0.571 bits per heavy atom. The van der Waals surface area contributed by atoms with Gasteiger partial charge in [-0.1, -0.05) is 206 Å². The van der Waals surface area contributed by atoms with Gasteiger partial charge in [0.2, 0.25) is 0 Å². The molecule has 0 spiro atoms. The first kappa shape index (κ1) is 41.3. The normalized spacial score (nSPS) is 11.3. The van der Waals surface area contributed by atoms with Crippen molar-refractivity contribution in [3.63, 3.8) is 0 Å². The Kier molecular flexibility index (Phi) is 35.8. The molecule has 0 heterocycles. The Morgan fingerprint density at radius 3 is 0.786 bits per heavy atom. The molecule has 3 nitrogen and oxygen atoms in total. The summed E-state index contributed by atoms with van der Waals surface area (Å²) in [5.41, 5.74) is 0. The van der Waals surface area contributed by atoms with Crippen molar-refractivity contribution in [2.24, 2.45) is 0 Å². The molecular formula is C39H79NO2. The first-order chi connectivity index (χ1) is 20.8. The molecule has 252 valence electrons. The molecule has 0 bridgehead atoms. The third kappa shape index (κ3) is 32.2. The van der Waals surface area contributed by atoms with E-state index in [9.17, 15) is 4.79 Å². The third-order valence-corrected chi connectivity index (χ3v) is 9.09. The van der Waals surface area contributed by atoms with E-state index in [0.29, 0.717) is 6.61 Å². The maximum atomic E-state index is 12.4. The molecule has 0 N–H and O–H groups in total. The largest absolute Gasteiger partial charge is 0.450 e. The lowest BCUT2D eigenvalue weighted by Crippen LogP contribution is -2.33. The summed E-state index contributed by atoms with van der Waals surface area (Å²) in [5, 5.41) is 0. The Labute approximate surface area is 266 Å². The molecule has 42 heavy (non-hydrogen) atoms. The van der Waals surface area contributed by atoms with Crippen LogP contribution in [0.4, 0.5) is 4.79 Å². The van der Waals surface area contributed by atoms with Crippen molar-refractivity contribution >= 4 is 6.09 Å². The van der Waals surface area contributed by atoms with Crippen LogP contribution in [0.3, 0.4) is 0 Å². The van der Waals surface area contributed by atoms with E-state index >= 15 is 0 Å². The van der Waals surface area contributed by atoms with Crippen LogP contribution in [-0.4, -0.2) is 30.7 Å². The molecule has 0 fully saturated rings. The zero-order chi connectivity index (χ0) is 30.6. The Bertz CT molecular complexity index is 473. The van der Waals surface area contributed by atoms with Crippen molar-refractivity contribution in [2.45, 2.75) is 226 Å². The monoisotopic (exact) mass is 594 g/mol. The van der Waals surface area contributed by atoms with Gasteiger partial charge in [-0.25, -0.2) is 4.79 Å². The number of hydrogen-bond donors (Lipinski definition) is 0. The molecule has 0 radical (unpaired) electrons. The highest BCUT2D eigenvalue weighted by atomic mass is 16.6. The minimum atomic E-state index is -0.0978. The maximum absolute atomic E-state index is 12.4. The van der Waals surface area contributed by atoms with Gasteiger partial charge in [0, 0.05) is 13.1 Å². The van der Waals surface area contributed by atoms with Gasteiger partial charge in [0.15, 0.2) is 0 Å². The standard InChI is InChI=1S/C39H79NO2/c1-4-7-9-11-13-15-17-19-21-23-25-27-29-31-33-35-37-40(39(41)42-6-3)38-36-34-32-30-28-26-24-22-20-18-16-14-12-10-8-5-2/h4-38H2,1-3H3. The minimum absolute atomic E-state index is 0.0978. The summed E-state index contributed by atoms with van der Waals surface area (Å²) in [6.07, 6.45) is 44.2. The lowest BCUT2D eigenvalue weighted by Gasteiger charge is -2.22. The number of unbranched alkanes of at least 4 members (excludes halogenated alkanes) is 30. The van der Waals surface area contributed by atoms with Crippen LogP contribution in [-0.2, 0) is 4.74 Å². The fraction of sp³-hybridized carbons (Fsp3) is 0.974. The van der Waals surface area contributed by atoms with Crippen LogP contribution in [0.1, 0.15) is 226 Å². The predicted octanol–water partition coefficient (Wildman–Crippen LogP) is 14.0. The van der Waals surface area contributed by atoms with Crippen LogP contribution in [0.15, 0.2) is 0 Å². The van der Waals surface area contributed by atoms with E-state index in [0.717, 1.165) is 25.9 Å². The van der Waals surface area contributed by atoms with E-state index in [1.165, 1.54) is 193 Å². The topological polar surface area (TPSA) is 29.5 Å². The van der Waals surface area contributed by atoms with Gasteiger partial charge in [-0.2, -0.15) is 0 Å². The SMILES string of the molecule is CCCCCCCCCCCCCCCCCCN(CCCCCCCCCCCCCCCCCC)C(=O)OCC. The van der Waals surface area contributed by atoms with Gasteiger partial charge in [0.25, 0.3) is 0 Å². The summed E-state index contributed by atoms with van der Waals surface area (Å²) in [6, 6.07) is 0. The molecule has 1 amide bonds.